The van der Waals surface area contributed by atoms with Gasteiger partial charge in [0.15, 0.2) is 0 Å². The van der Waals surface area contributed by atoms with Crippen LogP contribution in [0.15, 0.2) is 0 Å². The average Bonchev–Trinajstić information content (AvgIpc) is 2.71. The summed E-state index contributed by atoms with van der Waals surface area (Å²) in [6.07, 6.45) is 23.0. The Morgan fingerprint density at radius 1 is 0.714 bits per heavy atom. The second kappa shape index (κ2) is 17.8. The first kappa shape index (κ1) is 29.2. The number of hydrogen-bond donors (Lipinski definition) is 0. The van der Waals surface area contributed by atoms with Crippen molar-refractivity contribution in [2.24, 2.45) is 5.92 Å². The van der Waals surface area contributed by atoms with Gasteiger partial charge in [0, 0.05) is 25.2 Å². The summed E-state index contributed by atoms with van der Waals surface area (Å²) in [4.78, 5) is 5.07. The number of hydrogen-bond acceptors (Lipinski definition) is 2. The van der Waals surface area contributed by atoms with Crippen LogP contribution in [0.5, 0.6) is 0 Å². The second-order valence-corrected chi connectivity index (χ2v) is 8.45. The maximum atomic E-state index is 4.04. The molecule has 28 heavy (non-hydrogen) atoms. The first-order valence-electron chi connectivity index (χ1n) is 11.3. The van der Waals surface area contributed by atoms with Crippen molar-refractivity contribution in [1.82, 2.24) is 9.80 Å². The minimum Gasteiger partial charge on any atom is -0.351 e. The molecule has 4 heteroatoms. The largest absolute Gasteiger partial charge is 2.00 e. The van der Waals surface area contributed by atoms with Crippen LogP contribution in [0.4, 0.5) is 0 Å². The Hall–Kier alpha value is 1.19. The summed E-state index contributed by atoms with van der Waals surface area (Å²) in [6, 6.07) is 1.35. The van der Waals surface area contributed by atoms with Gasteiger partial charge in [0.2, 0.25) is 0 Å². The number of rotatable bonds is 6. The van der Waals surface area contributed by atoms with E-state index in [1.165, 1.54) is 83.5 Å². The second-order valence-electron chi connectivity index (χ2n) is 8.45. The Bertz CT molecular complexity index is 315. The van der Waals surface area contributed by atoms with Crippen LogP contribution in [-0.2, 0) is 39.6 Å². The molecule has 0 aliphatic heterocycles. The van der Waals surface area contributed by atoms with Gasteiger partial charge in [-0.05, 0) is 0 Å². The molecule has 0 amide bonds. The van der Waals surface area contributed by atoms with Crippen LogP contribution < -0.4 is 0 Å². The molecule has 163 valence electrons. The summed E-state index contributed by atoms with van der Waals surface area (Å²) >= 11 is 0. The van der Waals surface area contributed by atoms with Gasteiger partial charge in [-0.1, -0.05) is 70.6 Å². The fraction of sp³-hybridized carbons (Fsp3) is 0.792. The zero-order chi connectivity index (χ0) is 18.6. The molecule has 3 aliphatic carbocycles. The fourth-order valence-electron chi connectivity index (χ4n) is 4.58. The predicted octanol–water partition coefficient (Wildman–Crippen LogP) is 5.91. The zero-order valence-electron chi connectivity index (χ0n) is 18.1. The molecule has 0 N–H and O–H groups in total. The van der Waals surface area contributed by atoms with Gasteiger partial charge < -0.3 is 43.4 Å². The van der Waals surface area contributed by atoms with Crippen molar-refractivity contribution >= 4 is 0 Å². The molecule has 3 aliphatic rings. The third-order valence-electron chi connectivity index (χ3n) is 6.36. The average molecular weight is 594 g/mol. The minimum absolute atomic E-state index is 0. The van der Waals surface area contributed by atoms with Gasteiger partial charge in [0.05, 0.1) is 0 Å². The summed E-state index contributed by atoms with van der Waals surface area (Å²) in [6.45, 7) is 14.8. The van der Waals surface area contributed by atoms with Crippen LogP contribution in [0.2, 0.25) is 0 Å². The Labute approximate surface area is 203 Å². The van der Waals surface area contributed by atoms with Gasteiger partial charge in [0.1, 0.15) is 0 Å². The summed E-state index contributed by atoms with van der Waals surface area (Å²) in [7, 11) is 0. The van der Waals surface area contributed by atoms with Crippen molar-refractivity contribution in [1.29, 1.82) is 0 Å². The van der Waals surface area contributed by atoms with Gasteiger partial charge >= 0.3 is 21.1 Å². The van der Waals surface area contributed by atoms with E-state index >= 15 is 0 Å². The van der Waals surface area contributed by atoms with E-state index in [1.807, 2.05) is 0 Å². The minimum atomic E-state index is 0. The molecule has 3 saturated carbocycles. The molecule has 1 radical (unpaired) electrons. The Kier molecular flexibility index (Phi) is 18.6. The molecule has 2 atom stereocenters. The normalized spacial score (nSPS) is 26.0. The Morgan fingerprint density at radius 3 is 1.50 bits per heavy atom. The third kappa shape index (κ3) is 11.0. The summed E-state index contributed by atoms with van der Waals surface area (Å²) in [5, 5.41) is 0. The van der Waals surface area contributed by atoms with E-state index in [2.05, 4.69) is 43.4 Å². The van der Waals surface area contributed by atoms with E-state index in [-0.39, 0.29) is 39.6 Å². The standard InChI is InChI=1S/C17H30N2.C7H13.V.W/c1-3-18(4-2)15-19(16-11-7-5-8-12-16)17-13-9-6-10-14-17;1-7-5-3-2-4-6-7;;/h11,13,16-17H,1-10,12,14-15H2;7H,1-6H2;;/q-4;-1;;+2. The van der Waals surface area contributed by atoms with Crippen molar-refractivity contribution in [2.45, 2.75) is 95.6 Å². The summed E-state index contributed by atoms with van der Waals surface area (Å²) < 4.78 is 0. The van der Waals surface area contributed by atoms with Gasteiger partial charge in [-0.3, -0.25) is 0 Å². The van der Waals surface area contributed by atoms with Gasteiger partial charge in [0.25, 0.3) is 0 Å². The molecule has 0 aromatic heterocycles. The van der Waals surface area contributed by atoms with Crippen molar-refractivity contribution in [3.63, 3.8) is 0 Å². The molecule has 3 rings (SSSR count). The van der Waals surface area contributed by atoms with Crippen molar-refractivity contribution in [3.8, 4) is 0 Å². The number of nitrogens with zero attached hydrogens (tertiary/aromatic N) is 2. The van der Waals surface area contributed by atoms with Gasteiger partial charge in [-0.25, -0.2) is 0 Å². The van der Waals surface area contributed by atoms with Crippen molar-refractivity contribution < 1.29 is 39.6 Å². The molecular formula is C24H43N2VW-3. The van der Waals surface area contributed by atoms with Crippen LogP contribution in [0.1, 0.15) is 83.5 Å². The molecular weight excluding hydrogens is 551 g/mol. The van der Waals surface area contributed by atoms with E-state index in [0.29, 0.717) is 12.1 Å². The molecule has 0 heterocycles. The Morgan fingerprint density at radius 2 is 1.18 bits per heavy atom. The SMILES string of the molecule is [CH2-]C1CCCCC1.[CH2-]CN(C[CH2-])CN(C1[CH-]CCCC1)C1[CH-]CCCC1.[V].[W+2]. The van der Waals surface area contributed by atoms with E-state index in [9.17, 15) is 0 Å². The van der Waals surface area contributed by atoms with Crippen LogP contribution in [0.25, 0.3) is 0 Å². The maximum Gasteiger partial charge on any atom is 2.00 e. The van der Waals surface area contributed by atoms with Crippen LogP contribution in [-0.4, -0.2) is 41.6 Å². The quantitative estimate of drug-likeness (QED) is 0.279. The van der Waals surface area contributed by atoms with Gasteiger partial charge in [-0.2, -0.15) is 18.8 Å². The molecule has 0 saturated heterocycles. The smallest absolute Gasteiger partial charge is 0.351 e. The van der Waals surface area contributed by atoms with Crippen molar-refractivity contribution in [3.05, 3.63) is 33.6 Å². The first-order valence-corrected chi connectivity index (χ1v) is 11.3. The molecule has 0 bridgehead atoms. The van der Waals surface area contributed by atoms with E-state index < -0.39 is 0 Å². The zero-order valence-corrected chi connectivity index (χ0v) is 22.4. The summed E-state index contributed by atoms with van der Waals surface area (Å²) in [5.41, 5.74) is 0. The van der Waals surface area contributed by atoms with Crippen LogP contribution >= 0.6 is 0 Å². The predicted molar refractivity (Wildman–Crippen MR) is 114 cm³/mol. The molecule has 0 aromatic rings. The van der Waals surface area contributed by atoms with E-state index in [4.69, 9.17) is 0 Å². The van der Waals surface area contributed by atoms with Crippen LogP contribution in [0.3, 0.4) is 0 Å². The summed E-state index contributed by atoms with van der Waals surface area (Å²) in [5.74, 6) is 0.786. The molecule has 0 spiro atoms. The monoisotopic (exact) mass is 594 g/mol. The van der Waals surface area contributed by atoms with Crippen molar-refractivity contribution in [2.75, 3.05) is 19.8 Å². The maximum absolute atomic E-state index is 4.04. The molecule has 2 unspecified atom stereocenters. The molecule has 3 fully saturated rings. The third-order valence-corrected chi connectivity index (χ3v) is 6.36. The first-order chi connectivity index (χ1) is 12.7. The fourth-order valence-corrected chi connectivity index (χ4v) is 4.58. The van der Waals surface area contributed by atoms with Gasteiger partial charge in [-0.15, -0.1) is 25.2 Å². The Balaban J connectivity index is 0.000000690. The van der Waals surface area contributed by atoms with E-state index in [1.54, 1.807) is 0 Å². The molecule has 0 aromatic carbocycles. The van der Waals surface area contributed by atoms with Crippen LogP contribution in [0, 0.1) is 39.5 Å². The van der Waals surface area contributed by atoms with E-state index in [0.717, 1.165) is 25.7 Å². The molecule has 2 nitrogen and oxygen atoms in total. The topological polar surface area (TPSA) is 6.48 Å².